The number of amides is 1. The first-order valence-electron chi connectivity index (χ1n) is 16.2. The molecular weight excluding hydrogens is 636 g/mol. The summed E-state index contributed by atoms with van der Waals surface area (Å²) in [7, 11) is 1.81. The van der Waals surface area contributed by atoms with Gasteiger partial charge in [0.15, 0.2) is 5.82 Å². The number of anilines is 1. The van der Waals surface area contributed by atoms with Gasteiger partial charge in [-0.2, -0.15) is 18.7 Å². The molecule has 3 saturated heterocycles. The standard InChI is InChI=1S/C37H34F4N6O2/c1-5-24-27(38)12-11-22-9-7-10-25(30(22)24)32-31(39)33-26(18-42-32)35(45(4)28-13-16-47(21(28)3)29(48)6-2)44-36(43-33)49-20-37-14-8-15-46(37)19-23(17-37)34(40)41/h1,6-7,9-12,18,21,28H,2,8,13-17,19-20H2,3-4H3/t21-,28-,37-/m1/s1. The van der Waals surface area contributed by atoms with E-state index in [0.717, 1.165) is 6.42 Å². The third kappa shape index (κ3) is 5.37. The molecule has 0 bridgehead atoms. The zero-order valence-electron chi connectivity index (χ0n) is 27.1. The molecule has 49 heavy (non-hydrogen) atoms. The minimum atomic E-state index is -1.67. The van der Waals surface area contributed by atoms with Crippen molar-refractivity contribution in [2.45, 2.75) is 50.2 Å². The Balaban J connectivity index is 1.35. The molecule has 0 saturated carbocycles. The molecule has 3 aliphatic heterocycles. The number of hydrogen-bond donors (Lipinski definition) is 0. The van der Waals surface area contributed by atoms with Crippen LogP contribution in [0.25, 0.3) is 32.9 Å². The Bertz CT molecular complexity index is 2090. The lowest BCUT2D eigenvalue weighted by atomic mass is 9.94. The molecule has 12 heteroatoms. The van der Waals surface area contributed by atoms with Crippen molar-refractivity contribution in [3.05, 3.63) is 78.0 Å². The van der Waals surface area contributed by atoms with Gasteiger partial charge in [0, 0.05) is 48.9 Å². The lowest BCUT2D eigenvalue weighted by Gasteiger charge is -2.32. The summed E-state index contributed by atoms with van der Waals surface area (Å²) < 4.78 is 65.2. The molecular formula is C37H34F4N6O2. The maximum Gasteiger partial charge on any atom is 0.319 e. The van der Waals surface area contributed by atoms with E-state index in [-0.39, 0.29) is 65.9 Å². The summed E-state index contributed by atoms with van der Waals surface area (Å²) in [5.74, 6) is 1.14. The molecule has 252 valence electrons. The number of carbonyl (C=O) groups is 1. The lowest BCUT2D eigenvalue weighted by Crippen LogP contribution is -2.44. The highest BCUT2D eigenvalue weighted by molar-refractivity contribution is 6.02. The molecule has 8 nitrogen and oxygen atoms in total. The van der Waals surface area contributed by atoms with Gasteiger partial charge in [-0.05, 0) is 56.7 Å². The highest BCUT2D eigenvalue weighted by Crippen LogP contribution is 2.43. The van der Waals surface area contributed by atoms with Crippen LogP contribution in [0.3, 0.4) is 0 Å². The topological polar surface area (TPSA) is 74.7 Å². The Morgan fingerprint density at radius 2 is 2.04 bits per heavy atom. The van der Waals surface area contributed by atoms with Crippen LogP contribution in [0, 0.1) is 24.0 Å². The molecule has 5 heterocycles. The van der Waals surface area contributed by atoms with Crippen LogP contribution >= 0.6 is 0 Å². The van der Waals surface area contributed by atoms with Gasteiger partial charge >= 0.3 is 6.01 Å². The molecule has 3 atom stereocenters. The van der Waals surface area contributed by atoms with Crippen LogP contribution in [0.1, 0.15) is 38.2 Å². The van der Waals surface area contributed by atoms with Gasteiger partial charge in [-0.3, -0.25) is 14.7 Å². The van der Waals surface area contributed by atoms with Crippen molar-refractivity contribution in [3.8, 4) is 29.6 Å². The number of hydrogen-bond acceptors (Lipinski definition) is 7. The molecule has 0 radical (unpaired) electrons. The van der Waals surface area contributed by atoms with E-state index in [0.29, 0.717) is 53.5 Å². The van der Waals surface area contributed by atoms with Gasteiger partial charge in [-0.1, -0.05) is 36.8 Å². The van der Waals surface area contributed by atoms with Crippen molar-refractivity contribution >= 4 is 33.4 Å². The van der Waals surface area contributed by atoms with Gasteiger partial charge < -0.3 is 14.5 Å². The molecule has 0 unspecified atom stereocenters. The predicted octanol–water partition coefficient (Wildman–Crippen LogP) is 6.48. The van der Waals surface area contributed by atoms with Crippen LogP contribution in [0.5, 0.6) is 6.01 Å². The fourth-order valence-corrected chi connectivity index (χ4v) is 7.93. The van der Waals surface area contributed by atoms with E-state index in [2.05, 4.69) is 22.5 Å². The average Bonchev–Trinajstić information content (AvgIpc) is 3.79. The number of pyridine rings is 1. The molecule has 3 aliphatic rings. The molecule has 0 N–H and O–H groups in total. The van der Waals surface area contributed by atoms with Crippen molar-refractivity contribution in [1.82, 2.24) is 24.8 Å². The highest BCUT2D eigenvalue weighted by atomic mass is 19.3. The summed E-state index contributed by atoms with van der Waals surface area (Å²) in [4.78, 5) is 31.9. The van der Waals surface area contributed by atoms with Gasteiger partial charge in [0.1, 0.15) is 29.5 Å². The number of benzene rings is 2. The minimum absolute atomic E-state index is 0.00884. The first-order chi connectivity index (χ1) is 23.6. The van der Waals surface area contributed by atoms with Crippen LogP contribution in [0.2, 0.25) is 0 Å². The molecule has 7 rings (SSSR count). The van der Waals surface area contributed by atoms with Crippen LogP contribution in [-0.4, -0.2) is 81.6 Å². The molecule has 3 fully saturated rings. The second-order valence-corrected chi connectivity index (χ2v) is 13.0. The summed E-state index contributed by atoms with van der Waals surface area (Å²) in [5, 5.41) is 1.26. The quantitative estimate of drug-likeness (QED) is 0.127. The fourth-order valence-electron chi connectivity index (χ4n) is 7.93. The number of likely N-dealkylation sites (tertiary alicyclic amines) is 1. The van der Waals surface area contributed by atoms with E-state index in [1.165, 1.54) is 18.3 Å². The normalized spacial score (nSPS) is 22.1. The summed E-state index contributed by atoms with van der Waals surface area (Å²) in [6, 6.07) is 7.39. The second kappa shape index (κ2) is 12.5. The lowest BCUT2D eigenvalue weighted by molar-refractivity contribution is -0.126. The van der Waals surface area contributed by atoms with E-state index in [1.54, 1.807) is 29.2 Å². The Labute approximate surface area is 281 Å². The molecule has 1 amide bonds. The number of carbonyl (C=O) groups excluding carboxylic acids is 1. The minimum Gasteiger partial charge on any atom is -0.461 e. The SMILES string of the molecule is C#Cc1c(F)ccc2cccc(-c3ncc4c(N(C)[C@@H]5CCN(C(=O)C=C)[C@@H]5C)nc(OC[C@]56CCCN5CC(=C(F)F)C6)nc4c3F)c12. The number of fused-ring (bicyclic) bond motifs is 3. The van der Waals surface area contributed by atoms with Crippen molar-refractivity contribution in [1.29, 1.82) is 0 Å². The zero-order valence-corrected chi connectivity index (χ0v) is 27.1. The monoisotopic (exact) mass is 670 g/mol. The van der Waals surface area contributed by atoms with Crippen LogP contribution in [0.15, 0.2) is 60.8 Å². The van der Waals surface area contributed by atoms with Crippen molar-refractivity contribution in [3.63, 3.8) is 0 Å². The van der Waals surface area contributed by atoms with Crippen LogP contribution < -0.4 is 9.64 Å². The van der Waals surface area contributed by atoms with Gasteiger partial charge in [0.25, 0.3) is 6.08 Å². The summed E-state index contributed by atoms with van der Waals surface area (Å²) >= 11 is 0. The van der Waals surface area contributed by atoms with E-state index in [4.69, 9.17) is 16.1 Å². The average molecular weight is 671 g/mol. The fraction of sp³-hybridized carbons (Fsp3) is 0.351. The van der Waals surface area contributed by atoms with Gasteiger partial charge in [-0.15, -0.1) is 6.42 Å². The first kappa shape index (κ1) is 32.5. The highest BCUT2D eigenvalue weighted by Gasteiger charge is 2.48. The van der Waals surface area contributed by atoms with E-state index in [1.807, 2.05) is 23.8 Å². The molecule has 4 aromatic rings. The maximum absolute atomic E-state index is 16.9. The van der Waals surface area contributed by atoms with Crippen LogP contribution in [0.4, 0.5) is 23.4 Å². The van der Waals surface area contributed by atoms with E-state index < -0.39 is 23.3 Å². The van der Waals surface area contributed by atoms with E-state index >= 15 is 4.39 Å². The zero-order chi connectivity index (χ0) is 34.6. The van der Waals surface area contributed by atoms with Crippen molar-refractivity contribution in [2.24, 2.45) is 0 Å². The van der Waals surface area contributed by atoms with E-state index in [9.17, 15) is 18.0 Å². The van der Waals surface area contributed by atoms with Crippen molar-refractivity contribution in [2.75, 3.05) is 38.2 Å². The first-order valence-corrected chi connectivity index (χ1v) is 16.2. The number of terminal acetylenes is 1. The van der Waals surface area contributed by atoms with Crippen molar-refractivity contribution < 1.29 is 27.1 Å². The van der Waals surface area contributed by atoms with Crippen LogP contribution in [-0.2, 0) is 4.79 Å². The summed E-state index contributed by atoms with van der Waals surface area (Å²) in [6.07, 6.45) is 9.06. The number of nitrogens with zero attached hydrogens (tertiary/aromatic N) is 6. The van der Waals surface area contributed by atoms with Gasteiger partial charge in [0.05, 0.1) is 22.5 Å². The Hall–Kier alpha value is -5.02. The summed E-state index contributed by atoms with van der Waals surface area (Å²) in [6.45, 7) is 6.92. The Morgan fingerprint density at radius 3 is 2.80 bits per heavy atom. The molecule has 0 spiro atoms. The maximum atomic E-state index is 16.9. The van der Waals surface area contributed by atoms with Gasteiger partial charge in [-0.25, -0.2) is 8.78 Å². The predicted molar refractivity (Wildman–Crippen MR) is 179 cm³/mol. The molecule has 0 aliphatic carbocycles. The third-order valence-electron chi connectivity index (χ3n) is 10.4. The summed E-state index contributed by atoms with van der Waals surface area (Å²) in [5.41, 5.74) is -0.431. The number of aromatic nitrogens is 3. The third-order valence-corrected chi connectivity index (χ3v) is 10.4. The number of rotatable bonds is 7. The molecule has 2 aromatic heterocycles. The Morgan fingerprint density at radius 1 is 1.22 bits per heavy atom. The van der Waals surface area contributed by atoms with Gasteiger partial charge in [0.2, 0.25) is 5.91 Å². The smallest absolute Gasteiger partial charge is 0.319 e. The largest absolute Gasteiger partial charge is 0.461 e. The number of likely N-dealkylation sites (N-methyl/N-ethyl adjacent to an activating group) is 1. The Kier molecular flexibility index (Phi) is 8.27. The number of ether oxygens (including phenoxy) is 1. The molecule has 2 aromatic carbocycles. The number of halogens is 4. The second-order valence-electron chi connectivity index (χ2n) is 13.0.